The van der Waals surface area contributed by atoms with Crippen molar-refractivity contribution in [1.29, 1.82) is 0 Å². The van der Waals surface area contributed by atoms with Gasteiger partial charge in [-0.3, -0.25) is 9.78 Å². The van der Waals surface area contributed by atoms with Crippen molar-refractivity contribution in [1.82, 2.24) is 14.8 Å². The Labute approximate surface area is 130 Å². The van der Waals surface area contributed by atoms with Crippen LogP contribution in [0.5, 0.6) is 0 Å². The first-order valence-corrected chi connectivity index (χ1v) is 7.52. The quantitative estimate of drug-likeness (QED) is 0.926. The standard InChI is InChI=1S/C17H21N3O2/c1-19(2)15-10-20(9-13(15)11-21)17(22)16-14-6-4-3-5-12(14)7-8-18-16/h3-8,13,15,21H,9-11H2,1-2H3/t13-,15+/m0/s1. The molecule has 0 radical (unpaired) electrons. The van der Waals surface area contributed by atoms with Gasteiger partial charge in [0.05, 0.1) is 0 Å². The number of fused-ring (bicyclic) bond motifs is 1. The lowest BCUT2D eigenvalue weighted by atomic mass is 10.0. The van der Waals surface area contributed by atoms with Crippen molar-refractivity contribution in [3.8, 4) is 0 Å². The van der Waals surface area contributed by atoms with Gasteiger partial charge in [0.15, 0.2) is 0 Å². The fourth-order valence-electron chi connectivity index (χ4n) is 3.22. The Balaban J connectivity index is 1.91. The molecule has 5 heteroatoms. The molecule has 1 saturated heterocycles. The highest BCUT2D eigenvalue weighted by atomic mass is 16.3. The molecule has 1 aliphatic rings. The summed E-state index contributed by atoms with van der Waals surface area (Å²) in [7, 11) is 3.97. The minimum atomic E-state index is -0.0559. The number of likely N-dealkylation sites (N-methyl/N-ethyl adjacent to an activating group) is 1. The predicted molar refractivity (Wildman–Crippen MR) is 85.7 cm³/mol. The fourth-order valence-corrected chi connectivity index (χ4v) is 3.22. The zero-order chi connectivity index (χ0) is 15.7. The number of aliphatic hydroxyl groups excluding tert-OH is 1. The molecule has 22 heavy (non-hydrogen) atoms. The SMILES string of the molecule is CN(C)[C@@H]1CN(C(=O)c2nccc3ccccc23)C[C@H]1CO. The summed E-state index contributed by atoms with van der Waals surface area (Å²) in [5, 5.41) is 11.4. The second-order valence-corrected chi connectivity index (χ2v) is 6.06. The molecule has 1 aliphatic heterocycles. The summed E-state index contributed by atoms with van der Waals surface area (Å²) < 4.78 is 0. The fraction of sp³-hybridized carbons (Fsp3) is 0.412. The number of amides is 1. The molecule has 2 aromatic rings. The summed E-state index contributed by atoms with van der Waals surface area (Å²) in [4.78, 5) is 21.0. The number of rotatable bonds is 3. The molecule has 0 spiro atoms. The maximum absolute atomic E-state index is 12.9. The number of nitrogens with zero attached hydrogens (tertiary/aromatic N) is 3. The van der Waals surface area contributed by atoms with Crippen molar-refractivity contribution >= 4 is 16.7 Å². The molecule has 0 bridgehead atoms. The van der Waals surface area contributed by atoms with Gasteiger partial charge in [0.2, 0.25) is 0 Å². The van der Waals surface area contributed by atoms with Gasteiger partial charge in [0, 0.05) is 43.2 Å². The van der Waals surface area contributed by atoms with Gasteiger partial charge in [-0.25, -0.2) is 0 Å². The van der Waals surface area contributed by atoms with Crippen LogP contribution in [0.25, 0.3) is 10.8 Å². The summed E-state index contributed by atoms with van der Waals surface area (Å²) in [6.07, 6.45) is 1.68. The first-order valence-electron chi connectivity index (χ1n) is 7.52. The van der Waals surface area contributed by atoms with Gasteiger partial charge >= 0.3 is 0 Å². The molecular formula is C17H21N3O2. The van der Waals surface area contributed by atoms with Crippen LogP contribution in [0.3, 0.4) is 0 Å². The average molecular weight is 299 g/mol. The van der Waals surface area contributed by atoms with Crippen LogP contribution in [-0.2, 0) is 0 Å². The molecule has 1 fully saturated rings. The smallest absolute Gasteiger partial charge is 0.273 e. The van der Waals surface area contributed by atoms with Gasteiger partial charge in [-0.15, -0.1) is 0 Å². The molecule has 1 amide bonds. The van der Waals surface area contributed by atoms with E-state index in [-0.39, 0.29) is 24.5 Å². The van der Waals surface area contributed by atoms with Crippen molar-refractivity contribution < 1.29 is 9.90 Å². The van der Waals surface area contributed by atoms with Gasteiger partial charge in [0.25, 0.3) is 5.91 Å². The van der Waals surface area contributed by atoms with Crippen LogP contribution in [-0.4, -0.2) is 65.6 Å². The third-order valence-corrected chi connectivity index (χ3v) is 4.47. The largest absolute Gasteiger partial charge is 0.396 e. The maximum atomic E-state index is 12.9. The van der Waals surface area contributed by atoms with Gasteiger partial charge in [-0.05, 0) is 25.5 Å². The predicted octanol–water partition coefficient (Wildman–Crippen LogP) is 1.23. The number of carbonyl (C=O) groups is 1. The van der Waals surface area contributed by atoms with Crippen molar-refractivity contribution in [3.63, 3.8) is 0 Å². The first-order chi connectivity index (χ1) is 10.6. The summed E-state index contributed by atoms with van der Waals surface area (Å²) in [5.41, 5.74) is 0.495. The number of aliphatic hydroxyl groups is 1. The van der Waals surface area contributed by atoms with Crippen LogP contribution < -0.4 is 0 Å². The van der Waals surface area contributed by atoms with Crippen LogP contribution in [0.4, 0.5) is 0 Å². The van der Waals surface area contributed by atoms with E-state index < -0.39 is 0 Å². The second-order valence-electron chi connectivity index (χ2n) is 6.06. The molecule has 116 valence electrons. The number of aromatic nitrogens is 1. The Bertz CT molecular complexity index is 681. The molecule has 1 aromatic carbocycles. The van der Waals surface area contributed by atoms with Gasteiger partial charge in [-0.2, -0.15) is 0 Å². The summed E-state index contributed by atoms with van der Waals surface area (Å²) in [6.45, 7) is 1.29. The van der Waals surface area contributed by atoms with Crippen molar-refractivity contribution in [3.05, 3.63) is 42.2 Å². The van der Waals surface area contributed by atoms with Crippen LogP contribution in [0.2, 0.25) is 0 Å². The van der Waals surface area contributed by atoms with Crippen molar-refractivity contribution in [2.45, 2.75) is 6.04 Å². The number of hydrogen-bond donors (Lipinski definition) is 1. The van der Waals surface area contributed by atoms with E-state index in [1.54, 1.807) is 11.1 Å². The van der Waals surface area contributed by atoms with Crippen LogP contribution in [0, 0.1) is 5.92 Å². The lowest BCUT2D eigenvalue weighted by Crippen LogP contribution is -2.37. The van der Waals surface area contributed by atoms with E-state index in [0.29, 0.717) is 18.8 Å². The normalized spacial score (nSPS) is 21.7. The number of benzene rings is 1. The molecule has 2 atom stereocenters. The minimum Gasteiger partial charge on any atom is -0.396 e. The highest BCUT2D eigenvalue weighted by Gasteiger charge is 2.36. The van der Waals surface area contributed by atoms with E-state index in [2.05, 4.69) is 9.88 Å². The second kappa shape index (κ2) is 6.02. The molecule has 1 aromatic heterocycles. The number of pyridine rings is 1. The Morgan fingerprint density at radius 2 is 2.09 bits per heavy atom. The first kappa shape index (κ1) is 14.9. The molecule has 0 unspecified atom stereocenters. The highest BCUT2D eigenvalue weighted by molar-refractivity contribution is 6.05. The summed E-state index contributed by atoms with van der Waals surface area (Å²) in [5.74, 6) is 0.0357. The topological polar surface area (TPSA) is 56.7 Å². The molecule has 2 heterocycles. The molecule has 5 nitrogen and oxygen atoms in total. The highest BCUT2D eigenvalue weighted by Crippen LogP contribution is 2.24. The van der Waals surface area contributed by atoms with E-state index in [0.717, 1.165) is 10.8 Å². The van der Waals surface area contributed by atoms with Crippen molar-refractivity contribution in [2.75, 3.05) is 33.8 Å². The third kappa shape index (κ3) is 2.58. The van der Waals surface area contributed by atoms with E-state index in [1.165, 1.54) is 0 Å². The molecule has 0 saturated carbocycles. The lowest BCUT2D eigenvalue weighted by molar-refractivity contribution is 0.0775. The molecular weight excluding hydrogens is 278 g/mol. The zero-order valence-electron chi connectivity index (χ0n) is 12.9. The Morgan fingerprint density at radius 1 is 1.32 bits per heavy atom. The van der Waals surface area contributed by atoms with Gasteiger partial charge in [-0.1, -0.05) is 24.3 Å². The van der Waals surface area contributed by atoms with Crippen molar-refractivity contribution in [2.24, 2.45) is 5.92 Å². The van der Waals surface area contributed by atoms with Gasteiger partial charge in [0.1, 0.15) is 5.69 Å². The number of likely N-dealkylation sites (tertiary alicyclic amines) is 1. The minimum absolute atomic E-state index is 0.0559. The average Bonchev–Trinajstić information content (AvgIpc) is 2.98. The van der Waals surface area contributed by atoms with Crippen LogP contribution in [0.15, 0.2) is 36.5 Å². The Kier molecular flexibility index (Phi) is 4.09. The summed E-state index contributed by atoms with van der Waals surface area (Å²) >= 11 is 0. The van der Waals surface area contributed by atoms with Gasteiger partial charge < -0.3 is 14.9 Å². The maximum Gasteiger partial charge on any atom is 0.273 e. The van der Waals surface area contributed by atoms with Crippen LogP contribution in [0.1, 0.15) is 10.5 Å². The molecule has 3 rings (SSSR count). The number of carbonyl (C=O) groups excluding carboxylic acids is 1. The Hall–Kier alpha value is -1.98. The monoisotopic (exact) mass is 299 g/mol. The lowest BCUT2D eigenvalue weighted by Gasteiger charge is -2.23. The summed E-state index contributed by atoms with van der Waals surface area (Å²) in [6, 6.07) is 9.88. The van der Waals surface area contributed by atoms with E-state index in [4.69, 9.17) is 0 Å². The molecule has 0 aliphatic carbocycles. The van der Waals surface area contributed by atoms with E-state index in [1.807, 2.05) is 44.4 Å². The molecule has 1 N–H and O–H groups in total. The third-order valence-electron chi connectivity index (χ3n) is 4.47. The zero-order valence-corrected chi connectivity index (χ0v) is 12.9. The van der Waals surface area contributed by atoms with E-state index >= 15 is 0 Å². The Morgan fingerprint density at radius 3 is 2.77 bits per heavy atom. The van der Waals surface area contributed by atoms with Crippen LogP contribution >= 0.6 is 0 Å². The van der Waals surface area contributed by atoms with E-state index in [9.17, 15) is 9.90 Å². The number of hydrogen-bond acceptors (Lipinski definition) is 4.